The Kier molecular flexibility index (Phi) is 7.25. The van der Waals surface area contributed by atoms with E-state index in [2.05, 4.69) is 10.3 Å². The van der Waals surface area contributed by atoms with Crippen molar-refractivity contribution >= 4 is 40.6 Å². The van der Waals surface area contributed by atoms with Gasteiger partial charge < -0.3 is 10.1 Å². The summed E-state index contributed by atoms with van der Waals surface area (Å²) in [6.07, 6.45) is 1.56. The van der Waals surface area contributed by atoms with Gasteiger partial charge in [-0.1, -0.05) is 29.8 Å². The third-order valence-corrected chi connectivity index (χ3v) is 5.84. The quantitative estimate of drug-likeness (QED) is 0.402. The summed E-state index contributed by atoms with van der Waals surface area (Å²) < 4.78 is 7.11. The van der Waals surface area contributed by atoms with Gasteiger partial charge in [0, 0.05) is 40.5 Å². The largest absolute Gasteiger partial charge is 0.457 e. The molecule has 3 aromatic rings. The van der Waals surface area contributed by atoms with Crippen LogP contribution in [0.15, 0.2) is 41.9 Å². The number of halogens is 1. The van der Waals surface area contributed by atoms with E-state index >= 15 is 0 Å². The van der Waals surface area contributed by atoms with Crippen LogP contribution in [-0.4, -0.2) is 33.8 Å². The Morgan fingerprint density at radius 1 is 1.26 bits per heavy atom. The smallest absolute Gasteiger partial charge is 0.308 e. The van der Waals surface area contributed by atoms with Gasteiger partial charge in [0.25, 0.3) is 0 Å². The number of ketones is 1. The average molecular weight is 460 g/mol. The van der Waals surface area contributed by atoms with Crippen LogP contribution >= 0.6 is 22.9 Å². The van der Waals surface area contributed by atoms with Crippen molar-refractivity contribution in [3.63, 3.8) is 0 Å². The highest BCUT2D eigenvalue weighted by atomic mass is 35.5. The minimum atomic E-state index is -0.649. The molecule has 0 saturated heterocycles. The molecule has 1 N–H and O–H groups in total. The van der Waals surface area contributed by atoms with E-state index in [4.69, 9.17) is 16.3 Å². The molecule has 0 spiro atoms. The summed E-state index contributed by atoms with van der Waals surface area (Å²) in [4.78, 5) is 41.0. The summed E-state index contributed by atoms with van der Waals surface area (Å²) in [5.41, 5.74) is 2.69. The van der Waals surface area contributed by atoms with Gasteiger partial charge in [-0.3, -0.25) is 19.0 Å². The Labute approximate surface area is 189 Å². The summed E-state index contributed by atoms with van der Waals surface area (Å²) in [6, 6.07) is 8.05. The highest BCUT2D eigenvalue weighted by molar-refractivity contribution is 7.12. The van der Waals surface area contributed by atoms with Crippen molar-refractivity contribution in [2.45, 2.75) is 33.2 Å². The van der Waals surface area contributed by atoms with E-state index in [0.717, 1.165) is 16.5 Å². The molecule has 1 unspecified atom stereocenters. The number of amides is 1. The number of carbonyl (C=O) groups is 3. The first kappa shape index (κ1) is 22.7. The first-order chi connectivity index (χ1) is 14.8. The number of rotatable bonds is 8. The maximum atomic E-state index is 12.7. The van der Waals surface area contributed by atoms with E-state index in [1.807, 2.05) is 23.8 Å². The number of esters is 1. The molecule has 0 saturated carbocycles. The number of hydrogen-bond donors (Lipinski definition) is 1. The van der Waals surface area contributed by atoms with Crippen LogP contribution in [0, 0.1) is 13.8 Å². The van der Waals surface area contributed by atoms with Crippen LogP contribution in [0.3, 0.4) is 0 Å². The van der Waals surface area contributed by atoms with Crippen molar-refractivity contribution in [2.75, 3.05) is 6.61 Å². The molecule has 1 amide bonds. The van der Waals surface area contributed by atoms with Crippen molar-refractivity contribution in [3.8, 4) is 5.13 Å². The summed E-state index contributed by atoms with van der Waals surface area (Å²) in [7, 11) is 0. The van der Waals surface area contributed by atoms with Crippen LogP contribution in [0.5, 0.6) is 0 Å². The van der Waals surface area contributed by atoms with Crippen molar-refractivity contribution in [1.29, 1.82) is 0 Å². The average Bonchev–Trinajstić information content (AvgIpc) is 3.33. The number of nitrogens with one attached hydrogen (secondary N) is 1. The summed E-state index contributed by atoms with van der Waals surface area (Å²) in [5.74, 6) is -1.22. The van der Waals surface area contributed by atoms with Gasteiger partial charge in [0.2, 0.25) is 11.7 Å². The molecule has 31 heavy (non-hydrogen) atoms. The van der Waals surface area contributed by atoms with E-state index in [1.165, 1.54) is 18.3 Å². The SMILES string of the molecule is CC(=O)NC(CC(=O)OCC(=O)c1cc(C)n(-c2nccs2)c1C)c1ccccc1Cl. The number of benzene rings is 1. The minimum Gasteiger partial charge on any atom is -0.457 e. The molecule has 2 heterocycles. The monoisotopic (exact) mass is 459 g/mol. The van der Waals surface area contributed by atoms with Crippen LogP contribution in [0.4, 0.5) is 0 Å². The predicted molar refractivity (Wildman–Crippen MR) is 119 cm³/mol. The van der Waals surface area contributed by atoms with Gasteiger partial charge in [-0.15, -0.1) is 11.3 Å². The fourth-order valence-electron chi connectivity index (χ4n) is 3.36. The highest BCUT2D eigenvalue weighted by Gasteiger charge is 2.22. The second kappa shape index (κ2) is 9.89. The lowest BCUT2D eigenvalue weighted by atomic mass is 10.0. The Morgan fingerprint density at radius 2 is 2.00 bits per heavy atom. The first-order valence-electron chi connectivity index (χ1n) is 9.57. The molecule has 3 rings (SSSR count). The minimum absolute atomic E-state index is 0.144. The maximum Gasteiger partial charge on any atom is 0.308 e. The molecule has 0 aliphatic rings. The molecule has 0 aliphatic carbocycles. The van der Waals surface area contributed by atoms with Gasteiger partial charge in [-0.05, 0) is 31.5 Å². The molecule has 7 nitrogen and oxygen atoms in total. The van der Waals surface area contributed by atoms with Gasteiger partial charge >= 0.3 is 5.97 Å². The molecular formula is C22H22ClN3O4S. The molecule has 2 aromatic heterocycles. The molecule has 0 aliphatic heterocycles. The van der Waals surface area contributed by atoms with Crippen molar-refractivity contribution in [1.82, 2.24) is 14.9 Å². The number of nitrogens with zero attached hydrogens (tertiary/aromatic N) is 2. The standard InChI is InChI=1S/C22H22ClN3O4S/c1-13-10-17(14(2)26(13)22-24-8-9-31-22)20(28)12-30-21(29)11-19(25-15(3)27)16-6-4-5-7-18(16)23/h4-10,19H,11-12H2,1-3H3,(H,25,27). The highest BCUT2D eigenvalue weighted by Crippen LogP contribution is 2.26. The predicted octanol–water partition coefficient (Wildman–Crippen LogP) is 4.20. The normalized spacial score (nSPS) is 11.7. The topological polar surface area (TPSA) is 90.3 Å². The van der Waals surface area contributed by atoms with Crippen molar-refractivity contribution < 1.29 is 19.1 Å². The third kappa shape index (κ3) is 5.39. The Morgan fingerprint density at radius 3 is 2.65 bits per heavy atom. The molecule has 0 fully saturated rings. The van der Waals surface area contributed by atoms with Crippen LogP contribution in [-0.2, 0) is 14.3 Å². The van der Waals surface area contributed by atoms with E-state index in [9.17, 15) is 14.4 Å². The van der Waals surface area contributed by atoms with Gasteiger partial charge in [-0.2, -0.15) is 0 Å². The van der Waals surface area contributed by atoms with E-state index < -0.39 is 18.6 Å². The first-order valence-corrected chi connectivity index (χ1v) is 10.8. The van der Waals surface area contributed by atoms with E-state index in [1.54, 1.807) is 36.5 Å². The maximum absolute atomic E-state index is 12.7. The molecule has 0 bridgehead atoms. The number of carbonyl (C=O) groups excluding carboxylic acids is 3. The fraction of sp³-hybridized carbons (Fsp3) is 0.273. The zero-order valence-corrected chi connectivity index (χ0v) is 18.9. The van der Waals surface area contributed by atoms with Crippen molar-refractivity contribution in [2.24, 2.45) is 0 Å². The number of Topliss-reactive ketones (excluding diaryl/α,β-unsaturated/α-hetero) is 1. The van der Waals surface area contributed by atoms with Gasteiger partial charge in [0.05, 0.1) is 12.5 Å². The molecular weight excluding hydrogens is 438 g/mol. The second-order valence-electron chi connectivity index (χ2n) is 7.00. The van der Waals surface area contributed by atoms with E-state index in [-0.39, 0.29) is 18.1 Å². The van der Waals surface area contributed by atoms with Crippen LogP contribution in [0.1, 0.15) is 46.7 Å². The second-order valence-corrected chi connectivity index (χ2v) is 8.28. The van der Waals surface area contributed by atoms with Crippen LogP contribution in [0.2, 0.25) is 5.02 Å². The Bertz CT molecular complexity index is 1110. The molecule has 1 atom stereocenters. The fourth-order valence-corrected chi connectivity index (χ4v) is 4.38. The Balaban J connectivity index is 1.67. The van der Waals surface area contributed by atoms with Gasteiger partial charge in [0.1, 0.15) is 0 Å². The summed E-state index contributed by atoms with van der Waals surface area (Å²) >= 11 is 7.67. The molecule has 162 valence electrons. The van der Waals surface area contributed by atoms with Crippen LogP contribution in [0.25, 0.3) is 5.13 Å². The number of ether oxygens (including phenoxy) is 1. The lowest BCUT2D eigenvalue weighted by molar-refractivity contribution is -0.143. The number of hydrogen-bond acceptors (Lipinski definition) is 6. The number of thiazole rings is 1. The molecule has 9 heteroatoms. The summed E-state index contributed by atoms with van der Waals surface area (Å²) in [5, 5.41) is 5.77. The zero-order chi connectivity index (χ0) is 22.5. The number of aryl methyl sites for hydroxylation is 1. The third-order valence-electron chi connectivity index (χ3n) is 4.74. The van der Waals surface area contributed by atoms with E-state index in [0.29, 0.717) is 16.1 Å². The lowest BCUT2D eigenvalue weighted by Gasteiger charge is -2.18. The summed E-state index contributed by atoms with van der Waals surface area (Å²) in [6.45, 7) is 4.68. The molecule has 1 aromatic carbocycles. The lowest BCUT2D eigenvalue weighted by Crippen LogP contribution is -2.29. The molecule has 0 radical (unpaired) electrons. The van der Waals surface area contributed by atoms with Gasteiger partial charge in [-0.25, -0.2) is 4.98 Å². The number of aromatic nitrogens is 2. The van der Waals surface area contributed by atoms with Gasteiger partial charge in [0.15, 0.2) is 11.7 Å². The zero-order valence-electron chi connectivity index (χ0n) is 17.3. The van der Waals surface area contributed by atoms with Crippen molar-refractivity contribution in [3.05, 3.63) is 69.4 Å². The Hall–Kier alpha value is -2.97. The van der Waals surface area contributed by atoms with Crippen LogP contribution < -0.4 is 5.32 Å².